The van der Waals surface area contributed by atoms with Crippen LogP contribution in [0.5, 0.6) is 5.75 Å². The molecule has 19 heavy (non-hydrogen) atoms. The number of nitrogens with zero attached hydrogens (tertiary/aromatic N) is 1. The molecule has 3 aromatic rings. The van der Waals surface area contributed by atoms with Gasteiger partial charge in [-0.15, -0.1) is 0 Å². The number of benzene rings is 2. The van der Waals surface area contributed by atoms with Crippen LogP contribution in [0.3, 0.4) is 0 Å². The van der Waals surface area contributed by atoms with Crippen molar-refractivity contribution in [2.75, 3.05) is 7.11 Å². The third-order valence-corrected chi connectivity index (χ3v) is 3.80. The van der Waals surface area contributed by atoms with Crippen molar-refractivity contribution in [3.8, 4) is 16.9 Å². The van der Waals surface area contributed by atoms with Gasteiger partial charge < -0.3 is 4.74 Å². The van der Waals surface area contributed by atoms with Gasteiger partial charge in [-0.1, -0.05) is 34.1 Å². The van der Waals surface area contributed by atoms with E-state index in [9.17, 15) is 0 Å². The number of pyridine rings is 1. The Bertz CT molecular complexity index is 722. The largest absolute Gasteiger partial charge is 0.497 e. The number of aromatic nitrogens is 1. The topological polar surface area (TPSA) is 22.1 Å². The fourth-order valence-electron chi connectivity index (χ4n) is 2.08. The maximum absolute atomic E-state index is 5.18. The Hall–Kier alpha value is -1.87. The highest BCUT2D eigenvalue weighted by atomic mass is 79.9. The van der Waals surface area contributed by atoms with Crippen LogP contribution in [-0.2, 0) is 0 Å². The lowest BCUT2D eigenvalue weighted by molar-refractivity contribution is 0.415. The van der Waals surface area contributed by atoms with Gasteiger partial charge in [0, 0.05) is 16.1 Å². The summed E-state index contributed by atoms with van der Waals surface area (Å²) >= 11 is 3.57. The first-order valence-electron chi connectivity index (χ1n) is 5.96. The highest BCUT2D eigenvalue weighted by Crippen LogP contribution is 2.28. The number of ether oxygens (including phenoxy) is 1. The van der Waals surface area contributed by atoms with Crippen molar-refractivity contribution in [2.24, 2.45) is 0 Å². The minimum atomic E-state index is 0.868. The van der Waals surface area contributed by atoms with Gasteiger partial charge in [0.15, 0.2) is 0 Å². The van der Waals surface area contributed by atoms with E-state index in [4.69, 9.17) is 4.74 Å². The molecule has 3 rings (SSSR count). The number of fused-ring (bicyclic) bond motifs is 1. The summed E-state index contributed by atoms with van der Waals surface area (Å²) in [5.41, 5.74) is 3.33. The molecule has 2 aromatic carbocycles. The summed E-state index contributed by atoms with van der Waals surface area (Å²) in [7, 11) is 1.67. The summed E-state index contributed by atoms with van der Waals surface area (Å²) in [4.78, 5) is 4.35. The smallest absolute Gasteiger partial charge is 0.118 e. The Kier molecular flexibility index (Phi) is 3.22. The van der Waals surface area contributed by atoms with Crippen molar-refractivity contribution < 1.29 is 4.74 Å². The molecule has 0 amide bonds. The average molecular weight is 314 g/mol. The normalized spacial score (nSPS) is 10.6. The van der Waals surface area contributed by atoms with Gasteiger partial charge >= 0.3 is 0 Å². The van der Waals surface area contributed by atoms with Crippen LogP contribution < -0.4 is 4.74 Å². The quantitative estimate of drug-likeness (QED) is 0.685. The maximum Gasteiger partial charge on any atom is 0.118 e. The van der Waals surface area contributed by atoms with Gasteiger partial charge in [-0.05, 0) is 41.5 Å². The van der Waals surface area contributed by atoms with E-state index in [0.29, 0.717) is 0 Å². The van der Waals surface area contributed by atoms with E-state index in [0.717, 1.165) is 21.1 Å². The van der Waals surface area contributed by atoms with Crippen molar-refractivity contribution in [1.82, 2.24) is 4.98 Å². The third kappa shape index (κ3) is 2.34. The standard InChI is InChI=1S/C16H12BrNO/c1-19-13-5-2-11(3-6-13)12-4-7-16-14(10-12)15(17)8-9-18-16/h2-10H,1H3. The second kappa shape index (κ2) is 5.02. The summed E-state index contributed by atoms with van der Waals surface area (Å²) < 4.78 is 6.24. The fourth-order valence-corrected chi connectivity index (χ4v) is 2.51. The highest BCUT2D eigenvalue weighted by molar-refractivity contribution is 9.10. The van der Waals surface area contributed by atoms with Gasteiger partial charge in [-0.2, -0.15) is 0 Å². The zero-order valence-corrected chi connectivity index (χ0v) is 12.0. The summed E-state index contributed by atoms with van der Waals surface area (Å²) in [6, 6.07) is 16.3. The first-order valence-corrected chi connectivity index (χ1v) is 6.76. The van der Waals surface area contributed by atoms with Crippen LogP contribution in [0.2, 0.25) is 0 Å². The SMILES string of the molecule is COc1ccc(-c2ccc3nccc(Br)c3c2)cc1. The molecule has 0 bridgehead atoms. The lowest BCUT2D eigenvalue weighted by atomic mass is 10.0. The molecular formula is C16H12BrNO. The van der Waals surface area contributed by atoms with Crippen LogP contribution in [0.1, 0.15) is 0 Å². The Balaban J connectivity index is 2.11. The van der Waals surface area contributed by atoms with Gasteiger partial charge in [-0.3, -0.25) is 4.98 Å². The zero-order valence-electron chi connectivity index (χ0n) is 10.4. The second-order valence-electron chi connectivity index (χ2n) is 4.25. The molecule has 1 heterocycles. The molecule has 2 nitrogen and oxygen atoms in total. The zero-order chi connectivity index (χ0) is 13.2. The van der Waals surface area contributed by atoms with Crippen molar-refractivity contribution >= 4 is 26.8 Å². The minimum Gasteiger partial charge on any atom is -0.497 e. The van der Waals surface area contributed by atoms with Gasteiger partial charge in [0.2, 0.25) is 0 Å². The summed E-state index contributed by atoms with van der Waals surface area (Å²) in [6.45, 7) is 0. The molecular weight excluding hydrogens is 302 g/mol. The summed E-state index contributed by atoms with van der Waals surface area (Å²) in [6.07, 6.45) is 1.81. The van der Waals surface area contributed by atoms with E-state index < -0.39 is 0 Å². The molecule has 0 unspecified atom stereocenters. The first-order chi connectivity index (χ1) is 9.28. The second-order valence-corrected chi connectivity index (χ2v) is 5.11. The van der Waals surface area contributed by atoms with Crippen molar-refractivity contribution in [1.29, 1.82) is 0 Å². The Labute approximate surface area is 120 Å². The van der Waals surface area contributed by atoms with Gasteiger partial charge in [0.1, 0.15) is 5.75 Å². The molecule has 0 saturated heterocycles. The summed E-state index contributed by atoms with van der Waals surface area (Å²) in [5, 5.41) is 1.12. The predicted octanol–water partition coefficient (Wildman–Crippen LogP) is 4.67. The molecule has 0 aliphatic rings. The van der Waals surface area contributed by atoms with Crippen LogP contribution in [0, 0.1) is 0 Å². The molecule has 0 aliphatic heterocycles. The number of methoxy groups -OCH3 is 1. The van der Waals surface area contributed by atoms with E-state index in [1.807, 2.05) is 24.3 Å². The van der Waals surface area contributed by atoms with E-state index in [1.165, 1.54) is 11.1 Å². The number of hydrogen-bond acceptors (Lipinski definition) is 2. The monoisotopic (exact) mass is 313 g/mol. The molecule has 0 radical (unpaired) electrons. The molecule has 0 atom stereocenters. The molecule has 0 saturated carbocycles. The Morgan fingerprint density at radius 3 is 2.42 bits per heavy atom. The number of halogens is 1. The molecule has 0 fully saturated rings. The van der Waals surface area contributed by atoms with Crippen LogP contribution in [-0.4, -0.2) is 12.1 Å². The Morgan fingerprint density at radius 2 is 1.68 bits per heavy atom. The number of hydrogen-bond donors (Lipinski definition) is 0. The molecule has 94 valence electrons. The van der Waals surface area contributed by atoms with E-state index in [1.54, 1.807) is 13.3 Å². The molecule has 1 aromatic heterocycles. The van der Waals surface area contributed by atoms with Gasteiger partial charge in [0.25, 0.3) is 0 Å². The van der Waals surface area contributed by atoms with Gasteiger partial charge in [-0.25, -0.2) is 0 Å². The average Bonchev–Trinajstić information content (AvgIpc) is 2.47. The predicted molar refractivity (Wildman–Crippen MR) is 81.4 cm³/mol. The van der Waals surface area contributed by atoms with Gasteiger partial charge in [0.05, 0.1) is 12.6 Å². The lowest BCUT2D eigenvalue weighted by Crippen LogP contribution is -1.84. The van der Waals surface area contributed by atoms with Crippen LogP contribution in [0.25, 0.3) is 22.0 Å². The minimum absolute atomic E-state index is 0.868. The van der Waals surface area contributed by atoms with E-state index >= 15 is 0 Å². The summed E-state index contributed by atoms with van der Waals surface area (Å²) in [5.74, 6) is 0.868. The molecule has 3 heteroatoms. The third-order valence-electron chi connectivity index (χ3n) is 3.11. The van der Waals surface area contributed by atoms with E-state index in [-0.39, 0.29) is 0 Å². The molecule has 0 N–H and O–H groups in total. The lowest BCUT2D eigenvalue weighted by Gasteiger charge is -2.06. The van der Waals surface area contributed by atoms with Crippen molar-refractivity contribution in [3.63, 3.8) is 0 Å². The number of rotatable bonds is 2. The molecule has 0 aliphatic carbocycles. The fraction of sp³-hybridized carbons (Fsp3) is 0.0625. The van der Waals surface area contributed by atoms with E-state index in [2.05, 4.69) is 45.2 Å². The van der Waals surface area contributed by atoms with Crippen molar-refractivity contribution in [3.05, 3.63) is 59.2 Å². The molecule has 0 spiro atoms. The highest BCUT2D eigenvalue weighted by Gasteiger charge is 2.03. The van der Waals surface area contributed by atoms with Crippen LogP contribution in [0.15, 0.2) is 59.2 Å². The Morgan fingerprint density at radius 1 is 0.947 bits per heavy atom. The van der Waals surface area contributed by atoms with Crippen LogP contribution in [0.4, 0.5) is 0 Å². The van der Waals surface area contributed by atoms with Crippen molar-refractivity contribution in [2.45, 2.75) is 0 Å². The first kappa shape index (κ1) is 12.2. The maximum atomic E-state index is 5.18. The van der Waals surface area contributed by atoms with Crippen LogP contribution >= 0.6 is 15.9 Å².